The molecule has 0 saturated carbocycles. The summed E-state index contributed by atoms with van der Waals surface area (Å²) in [5.41, 5.74) is 1.31. The van der Waals surface area contributed by atoms with Gasteiger partial charge in [0.2, 0.25) is 0 Å². The number of aliphatic hydroxyl groups excluding tert-OH is 1. The molecule has 2 nitrogen and oxygen atoms in total. The lowest BCUT2D eigenvalue weighted by atomic mass is 10.1. The molecule has 2 aromatic rings. The van der Waals surface area contributed by atoms with Crippen molar-refractivity contribution in [3.63, 3.8) is 0 Å². The summed E-state index contributed by atoms with van der Waals surface area (Å²) in [5.74, 6) is 0.00978. The van der Waals surface area contributed by atoms with E-state index in [2.05, 4.69) is 22.6 Å². The average molecular weight is 372 g/mol. The van der Waals surface area contributed by atoms with Crippen molar-refractivity contribution >= 4 is 22.6 Å². The topological polar surface area (TPSA) is 29.5 Å². The van der Waals surface area contributed by atoms with Crippen LogP contribution in [0.5, 0.6) is 5.75 Å². The summed E-state index contributed by atoms with van der Waals surface area (Å²) in [5, 5.41) is 9.35. The Balaban J connectivity index is 2.04. The van der Waals surface area contributed by atoms with Crippen LogP contribution >= 0.6 is 22.6 Å². The van der Waals surface area contributed by atoms with Gasteiger partial charge in [-0.2, -0.15) is 0 Å². The summed E-state index contributed by atoms with van der Waals surface area (Å²) in [7, 11) is 0. The first-order chi connectivity index (χ1) is 9.06. The van der Waals surface area contributed by atoms with Crippen LogP contribution in [0.3, 0.4) is 0 Å². The van der Waals surface area contributed by atoms with Gasteiger partial charge >= 0.3 is 0 Å². The van der Waals surface area contributed by atoms with Crippen molar-refractivity contribution < 1.29 is 14.2 Å². The SMILES string of the molecule is C[C@H](O)c1ccc(OCc2ccc(I)cc2)cc1F. The second-order valence-corrected chi connectivity index (χ2v) is 5.52. The average Bonchev–Trinajstić information content (AvgIpc) is 2.37. The summed E-state index contributed by atoms with van der Waals surface area (Å²) >= 11 is 2.24. The molecule has 0 radical (unpaired) electrons. The molecule has 0 saturated heterocycles. The fraction of sp³-hybridized carbons (Fsp3) is 0.200. The highest BCUT2D eigenvalue weighted by Gasteiger charge is 2.09. The number of hydrogen-bond donors (Lipinski definition) is 1. The van der Waals surface area contributed by atoms with Gasteiger partial charge in [-0.1, -0.05) is 12.1 Å². The summed E-state index contributed by atoms with van der Waals surface area (Å²) in [6.07, 6.45) is -0.815. The van der Waals surface area contributed by atoms with E-state index < -0.39 is 11.9 Å². The van der Waals surface area contributed by atoms with Gasteiger partial charge in [-0.25, -0.2) is 4.39 Å². The van der Waals surface area contributed by atoms with Crippen molar-refractivity contribution in [2.75, 3.05) is 0 Å². The summed E-state index contributed by atoms with van der Waals surface area (Å²) in [4.78, 5) is 0. The van der Waals surface area contributed by atoms with Crippen molar-refractivity contribution in [2.45, 2.75) is 19.6 Å². The van der Waals surface area contributed by atoms with Gasteiger partial charge in [-0.3, -0.25) is 0 Å². The zero-order chi connectivity index (χ0) is 13.8. The molecule has 0 aromatic heterocycles. The number of aliphatic hydroxyl groups is 1. The Labute approximate surface area is 125 Å². The van der Waals surface area contributed by atoms with Gasteiger partial charge in [0.15, 0.2) is 0 Å². The molecule has 0 heterocycles. The molecule has 0 amide bonds. The van der Waals surface area contributed by atoms with E-state index in [1.54, 1.807) is 12.1 Å². The number of halogens is 2. The Morgan fingerprint density at radius 3 is 2.47 bits per heavy atom. The van der Waals surface area contributed by atoms with E-state index in [0.717, 1.165) is 9.13 Å². The highest BCUT2D eigenvalue weighted by molar-refractivity contribution is 14.1. The predicted octanol–water partition coefficient (Wildman–Crippen LogP) is 4.06. The first-order valence-electron chi connectivity index (χ1n) is 5.91. The monoisotopic (exact) mass is 372 g/mol. The molecule has 1 atom stereocenters. The van der Waals surface area contributed by atoms with Crippen molar-refractivity contribution in [1.29, 1.82) is 0 Å². The van der Waals surface area contributed by atoms with Gasteiger partial charge in [0.25, 0.3) is 0 Å². The van der Waals surface area contributed by atoms with Gasteiger partial charge in [0, 0.05) is 15.2 Å². The van der Waals surface area contributed by atoms with Crippen LogP contribution in [-0.4, -0.2) is 5.11 Å². The minimum atomic E-state index is -0.815. The normalized spacial score (nSPS) is 12.2. The van der Waals surface area contributed by atoms with Crippen molar-refractivity contribution in [1.82, 2.24) is 0 Å². The molecule has 4 heteroatoms. The molecule has 0 bridgehead atoms. The molecule has 2 aromatic carbocycles. The van der Waals surface area contributed by atoms with E-state index in [-0.39, 0.29) is 5.56 Å². The quantitative estimate of drug-likeness (QED) is 0.821. The van der Waals surface area contributed by atoms with Crippen LogP contribution < -0.4 is 4.74 Å². The third kappa shape index (κ3) is 3.91. The third-order valence-corrected chi connectivity index (χ3v) is 3.46. The van der Waals surface area contributed by atoms with Crippen molar-refractivity contribution in [3.05, 3.63) is 63.0 Å². The van der Waals surface area contributed by atoms with Crippen molar-refractivity contribution in [2.24, 2.45) is 0 Å². The molecular weight excluding hydrogens is 358 g/mol. The number of hydrogen-bond acceptors (Lipinski definition) is 2. The lowest BCUT2D eigenvalue weighted by molar-refractivity contribution is 0.194. The van der Waals surface area contributed by atoms with Gasteiger partial charge < -0.3 is 9.84 Å². The van der Waals surface area contributed by atoms with Crippen LogP contribution in [0.15, 0.2) is 42.5 Å². The molecule has 0 fully saturated rings. The van der Waals surface area contributed by atoms with Crippen LogP contribution in [-0.2, 0) is 6.61 Å². The second kappa shape index (κ2) is 6.34. The summed E-state index contributed by atoms with van der Waals surface area (Å²) < 4.78 is 20.3. The lowest BCUT2D eigenvalue weighted by Crippen LogP contribution is -1.99. The molecule has 19 heavy (non-hydrogen) atoms. The zero-order valence-corrected chi connectivity index (χ0v) is 12.6. The van der Waals surface area contributed by atoms with Crippen LogP contribution in [0.1, 0.15) is 24.2 Å². The molecule has 0 spiro atoms. The van der Waals surface area contributed by atoms with Crippen LogP contribution in [0.2, 0.25) is 0 Å². The zero-order valence-electron chi connectivity index (χ0n) is 10.4. The summed E-state index contributed by atoms with van der Waals surface area (Å²) in [6, 6.07) is 12.5. The third-order valence-electron chi connectivity index (χ3n) is 2.74. The van der Waals surface area contributed by atoms with E-state index in [4.69, 9.17) is 4.74 Å². The minimum Gasteiger partial charge on any atom is -0.489 e. The van der Waals surface area contributed by atoms with E-state index >= 15 is 0 Å². The van der Waals surface area contributed by atoms with E-state index in [1.165, 1.54) is 13.0 Å². The van der Waals surface area contributed by atoms with Gasteiger partial charge in [-0.05, 0) is 59.3 Å². The molecule has 2 rings (SSSR count). The summed E-state index contributed by atoms with van der Waals surface area (Å²) in [6.45, 7) is 1.93. The number of ether oxygens (including phenoxy) is 1. The number of rotatable bonds is 4. The largest absolute Gasteiger partial charge is 0.489 e. The smallest absolute Gasteiger partial charge is 0.132 e. The Morgan fingerprint density at radius 2 is 1.89 bits per heavy atom. The Bertz CT molecular complexity index is 553. The molecule has 0 aliphatic heterocycles. The predicted molar refractivity (Wildman–Crippen MR) is 80.5 cm³/mol. The fourth-order valence-electron chi connectivity index (χ4n) is 1.68. The second-order valence-electron chi connectivity index (χ2n) is 4.27. The standard InChI is InChI=1S/C15H14FIO2/c1-10(18)14-7-6-13(8-15(14)16)19-9-11-2-4-12(17)5-3-11/h2-8,10,18H,9H2,1H3/t10-/m0/s1. The molecule has 0 aliphatic carbocycles. The van der Waals surface area contributed by atoms with Gasteiger partial charge in [-0.15, -0.1) is 0 Å². The maximum atomic E-state index is 13.6. The lowest BCUT2D eigenvalue weighted by Gasteiger charge is -2.10. The number of benzene rings is 2. The highest BCUT2D eigenvalue weighted by atomic mass is 127. The maximum absolute atomic E-state index is 13.6. The maximum Gasteiger partial charge on any atom is 0.132 e. The first-order valence-corrected chi connectivity index (χ1v) is 6.99. The fourth-order valence-corrected chi connectivity index (χ4v) is 2.04. The Kier molecular flexibility index (Phi) is 4.76. The van der Waals surface area contributed by atoms with Crippen LogP contribution in [0, 0.1) is 9.39 Å². The molecule has 0 aliphatic rings. The first kappa shape index (κ1) is 14.3. The van der Waals surface area contributed by atoms with Crippen LogP contribution in [0.25, 0.3) is 0 Å². The molecule has 0 unspecified atom stereocenters. The van der Waals surface area contributed by atoms with E-state index in [9.17, 15) is 9.50 Å². The molecule has 100 valence electrons. The highest BCUT2D eigenvalue weighted by Crippen LogP contribution is 2.22. The Morgan fingerprint density at radius 1 is 1.21 bits per heavy atom. The van der Waals surface area contributed by atoms with Gasteiger partial charge in [0.1, 0.15) is 18.2 Å². The molecular formula is C15H14FIO2. The minimum absolute atomic E-state index is 0.279. The van der Waals surface area contributed by atoms with Gasteiger partial charge in [0.05, 0.1) is 6.10 Å². The van der Waals surface area contributed by atoms with Crippen LogP contribution in [0.4, 0.5) is 4.39 Å². The Hall–Kier alpha value is -1.14. The van der Waals surface area contributed by atoms with Crippen molar-refractivity contribution in [3.8, 4) is 5.75 Å². The van der Waals surface area contributed by atoms with E-state index in [1.807, 2.05) is 24.3 Å². The van der Waals surface area contributed by atoms with E-state index in [0.29, 0.717) is 12.4 Å². The molecule has 1 N–H and O–H groups in total.